The van der Waals surface area contributed by atoms with Gasteiger partial charge in [-0.3, -0.25) is 0 Å². The Hall–Kier alpha value is -0.780. The van der Waals surface area contributed by atoms with Crippen LogP contribution in [0.4, 0.5) is 0 Å². The predicted octanol–water partition coefficient (Wildman–Crippen LogP) is 3.84. The van der Waals surface area contributed by atoms with Crippen LogP contribution in [0.5, 0.6) is 0 Å². The summed E-state index contributed by atoms with van der Waals surface area (Å²) in [5.41, 5.74) is 3.08. The summed E-state index contributed by atoms with van der Waals surface area (Å²) >= 11 is 0. The summed E-state index contributed by atoms with van der Waals surface area (Å²) in [6, 6.07) is 8.83. The van der Waals surface area contributed by atoms with Crippen molar-refractivity contribution in [2.45, 2.75) is 40.0 Å². The van der Waals surface area contributed by atoms with Crippen LogP contribution < -0.4 is 0 Å². The molecule has 0 nitrogen and oxygen atoms in total. The van der Waals surface area contributed by atoms with E-state index >= 15 is 0 Å². The van der Waals surface area contributed by atoms with Crippen LogP contribution in [0, 0.1) is 5.92 Å². The SMILES string of the molecule is CCCc1ccccc1CC(C)C. The van der Waals surface area contributed by atoms with Gasteiger partial charge in [-0.05, 0) is 29.9 Å². The van der Waals surface area contributed by atoms with Gasteiger partial charge in [0.15, 0.2) is 0 Å². The first-order valence-corrected chi connectivity index (χ1v) is 5.30. The van der Waals surface area contributed by atoms with Crippen molar-refractivity contribution in [3.63, 3.8) is 0 Å². The molecule has 0 aliphatic carbocycles. The van der Waals surface area contributed by atoms with Gasteiger partial charge in [0.25, 0.3) is 0 Å². The third-order valence-corrected chi connectivity index (χ3v) is 2.27. The highest BCUT2D eigenvalue weighted by atomic mass is 14.1. The Morgan fingerprint density at radius 1 is 1.08 bits per heavy atom. The minimum atomic E-state index is 0.762. The Morgan fingerprint density at radius 3 is 2.23 bits per heavy atom. The van der Waals surface area contributed by atoms with Crippen LogP contribution in [0.2, 0.25) is 0 Å². The fourth-order valence-electron chi connectivity index (χ4n) is 1.71. The van der Waals surface area contributed by atoms with Gasteiger partial charge in [-0.25, -0.2) is 0 Å². The van der Waals surface area contributed by atoms with Crippen LogP contribution in [0.25, 0.3) is 0 Å². The fourth-order valence-corrected chi connectivity index (χ4v) is 1.71. The standard InChI is InChI=1S/C13H20/c1-4-7-12-8-5-6-9-13(12)10-11(2)3/h5-6,8-9,11H,4,7,10H2,1-3H3. The van der Waals surface area contributed by atoms with E-state index in [0.29, 0.717) is 0 Å². The van der Waals surface area contributed by atoms with Gasteiger partial charge in [0, 0.05) is 0 Å². The number of hydrogen-bond donors (Lipinski definition) is 0. The van der Waals surface area contributed by atoms with Gasteiger partial charge in [-0.1, -0.05) is 51.5 Å². The molecule has 0 amide bonds. The highest BCUT2D eigenvalue weighted by Gasteiger charge is 2.02. The van der Waals surface area contributed by atoms with Crippen LogP contribution in [0.1, 0.15) is 38.3 Å². The lowest BCUT2D eigenvalue weighted by Crippen LogP contribution is -1.98. The molecule has 0 unspecified atom stereocenters. The zero-order chi connectivity index (χ0) is 9.68. The minimum absolute atomic E-state index is 0.762. The molecule has 1 rings (SSSR count). The van der Waals surface area contributed by atoms with Crippen molar-refractivity contribution < 1.29 is 0 Å². The summed E-state index contributed by atoms with van der Waals surface area (Å²) in [5.74, 6) is 0.762. The van der Waals surface area contributed by atoms with Crippen LogP contribution in [-0.4, -0.2) is 0 Å². The van der Waals surface area contributed by atoms with Gasteiger partial charge in [0.1, 0.15) is 0 Å². The molecule has 0 fully saturated rings. The Kier molecular flexibility index (Phi) is 4.01. The van der Waals surface area contributed by atoms with Gasteiger partial charge in [-0.2, -0.15) is 0 Å². The molecule has 0 aromatic heterocycles. The summed E-state index contributed by atoms with van der Waals surface area (Å²) in [4.78, 5) is 0. The Labute approximate surface area is 82.0 Å². The van der Waals surface area contributed by atoms with E-state index in [4.69, 9.17) is 0 Å². The van der Waals surface area contributed by atoms with Crippen molar-refractivity contribution in [3.8, 4) is 0 Å². The minimum Gasteiger partial charge on any atom is -0.0651 e. The summed E-state index contributed by atoms with van der Waals surface area (Å²) in [5, 5.41) is 0. The molecule has 0 N–H and O–H groups in total. The Balaban J connectivity index is 2.78. The van der Waals surface area contributed by atoms with Crippen molar-refractivity contribution in [3.05, 3.63) is 35.4 Å². The molecule has 0 bridgehead atoms. The Bertz CT molecular complexity index is 248. The van der Waals surface area contributed by atoms with E-state index in [1.807, 2.05) is 0 Å². The van der Waals surface area contributed by atoms with Crippen LogP contribution in [0.3, 0.4) is 0 Å². The molecule has 0 saturated carbocycles. The molecule has 1 aromatic carbocycles. The molecule has 0 atom stereocenters. The largest absolute Gasteiger partial charge is 0.0651 e. The molecule has 0 spiro atoms. The zero-order valence-electron chi connectivity index (χ0n) is 9.01. The van der Waals surface area contributed by atoms with E-state index in [1.165, 1.54) is 19.3 Å². The van der Waals surface area contributed by atoms with Gasteiger partial charge < -0.3 is 0 Å². The molecule has 1 aromatic rings. The molecule has 0 aliphatic heterocycles. The van der Waals surface area contributed by atoms with E-state index in [2.05, 4.69) is 45.0 Å². The van der Waals surface area contributed by atoms with Gasteiger partial charge in [-0.15, -0.1) is 0 Å². The summed E-state index contributed by atoms with van der Waals surface area (Å²) < 4.78 is 0. The molecule has 0 aliphatic rings. The first-order chi connectivity index (χ1) is 6.24. The molecule has 0 heterocycles. The lowest BCUT2D eigenvalue weighted by atomic mass is 9.96. The zero-order valence-corrected chi connectivity index (χ0v) is 9.01. The second-order valence-electron chi connectivity index (χ2n) is 4.12. The average molecular weight is 176 g/mol. The second-order valence-corrected chi connectivity index (χ2v) is 4.12. The van der Waals surface area contributed by atoms with E-state index in [0.717, 1.165) is 5.92 Å². The lowest BCUT2D eigenvalue weighted by molar-refractivity contribution is 0.641. The van der Waals surface area contributed by atoms with E-state index in [1.54, 1.807) is 11.1 Å². The maximum absolute atomic E-state index is 2.28. The quantitative estimate of drug-likeness (QED) is 0.654. The highest BCUT2D eigenvalue weighted by Crippen LogP contribution is 2.15. The van der Waals surface area contributed by atoms with Crippen molar-refractivity contribution in [1.82, 2.24) is 0 Å². The summed E-state index contributed by atoms with van der Waals surface area (Å²) in [6.45, 7) is 6.80. The fraction of sp³-hybridized carbons (Fsp3) is 0.538. The van der Waals surface area contributed by atoms with Gasteiger partial charge >= 0.3 is 0 Å². The monoisotopic (exact) mass is 176 g/mol. The third kappa shape index (κ3) is 3.22. The number of rotatable bonds is 4. The smallest absolute Gasteiger partial charge is 0.0253 e. The average Bonchev–Trinajstić information content (AvgIpc) is 2.08. The van der Waals surface area contributed by atoms with Crippen molar-refractivity contribution >= 4 is 0 Å². The number of hydrogen-bond acceptors (Lipinski definition) is 0. The van der Waals surface area contributed by atoms with Crippen LogP contribution in [0.15, 0.2) is 24.3 Å². The Morgan fingerprint density at radius 2 is 1.69 bits per heavy atom. The molecule has 13 heavy (non-hydrogen) atoms. The maximum atomic E-state index is 2.28. The van der Waals surface area contributed by atoms with Crippen LogP contribution >= 0.6 is 0 Å². The maximum Gasteiger partial charge on any atom is -0.0253 e. The number of aryl methyl sites for hydroxylation is 1. The van der Waals surface area contributed by atoms with E-state index in [9.17, 15) is 0 Å². The topological polar surface area (TPSA) is 0 Å². The van der Waals surface area contributed by atoms with Crippen molar-refractivity contribution in [1.29, 1.82) is 0 Å². The molecule has 72 valence electrons. The lowest BCUT2D eigenvalue weighted by Gasteiger charge is -2.10. The van der Waals surface area contributed by atoms with Crippen molar-refractivity contribution in [2.24, 2.45) is 5.92 Å². The second kappa shape index (κ2) is 5.06. The number of benzene rings is 1. The van der Waals surface area contributed by atoms with E-state index in [-0.39, 0.29) is 0 Å². The predicted molar refractivity (Wildman–Crippen MR) is 59.0 cm³/mol. The highest BCUT2D eigenvalue weighted by molar-refractivity contribution is 5.27. The van der Waals surface area contributed by atoms with Crippen LogP contribution in [-0.2, 0) is 12.8 Å². The first-order valence-electron chi connectivity index (χ1n) is 5.30. The molecule has 0 heteroatoms. The third-order valence-electron chi connectivity index (χ3n) is 2.27. The van der Waals surface area contributed by atoms with Gasteiger partial charge in [0.2, 0.25) is 0 Å². The summed E-state index contributed by atoms with van der Waals surface area (Å²) in [6.07, 6.45) is 3.69. The van der Waals surface area contributed by atoms with E-state index < -0.39 is 0 Å². The van der Waals surface area contributed by atoms with Crippen molar-refractivity contribution in [2.75, 3.05) is 0 Å². The molecule has 0 radical (unpaired) electrons. The summed E-state index contributed by atoms with van der Waals surface area (Å²) in [7, 11) is 0. The normalized spacial score (nSPS) is 10.8. The molecular weight excluding hydrogens is 156 g/mol. The molecule has 0 saturated heterocycles. The molecular formula is C13H20. The van der Waals surface area contributed by atoms with Gasteiger partial charge in [0.05, 0.1) is 0 Å². The first kappa shape index (κ1) is 10.3.